The van der Waals surface area contributed by atoms with E-state index in [0.29, 0.717) is 6.71 Å². The molecule has 3 aromatic rings. The molecule has 0 atom stereocenters. The van der Waals surface area contributed by atoms with Crippen molar-refractivity contribution in [1.29, 1.82) is 0 Å². The van der Waals surface area contributed by atoms with Crippen molar-refractivity contribution < 1.29 is 0 Å². The average molecular weight is 553 g/mol. The van der Waals surface area contributed by atoms with E-state index in [0.717, 1.165) is 0 Å². The van der Waals surface area contributed by atoms with E-state index in [1.165, 1.54) is 121 Å². The number of rotatable bonds is 14. The highest BCUT2D eigenvalue weighted by Crippen LogP contribution is 2.54. The fourth-order valence-corrected chi connectivity index (χ4v) is 7.66. The van der Waals surface area contributed by atoms with Crippen LogP contribution in [-0.4, -0.2) is 6.71 Å². The summed E-state index contributed by atoms with van der Waals surface area (Å²) in [5, 5.41) is 0. The van der Waals surface area contributed by atoms with Crippen molar-refractivity contribution >= 4 is 17.6 Å². The molecule has 0 heterocycles. The highest BCUT2D eigenvalue weighted by atomic mass is 14.4. The molecule has 0 aliphatic heterocycles. The Balaban J connectivity index is 0.00000294. The zero-order valence-corrected chi connectivity index (χ0v) is 26.2. The molecule has 41 heavy (non-hydrogen) atoms. The monoisotopic (exact) mass is 552 g/mol. The van der Waals surface area contributed by atoms with Crippen LogP contribution in [0.5, 0.6) is 0 Å². The van der Waals surface area contributed by atoms with Crippen LogP contribution in [0.4, 0.5) is 0 Å². The van der Waals surface area contributed by atoms with Crippen molar-refractivity contribution in [3.8, 4) is 11.1 Å². The maximum Gasteiger partial charge on any atom is 0.206 e. The van der Waals surface area contributed by atoms with Crippen molar-refractivity contribution in [3.63, 3.8) is 0 Å². The van der Waals surface area contributed by atoms with Crippen LogP contribution in [-0.2, 0) is 5.41 Å². The molecule has 0 aromatic heterocycles. The summed E-state index contributed by atoms with van der Waals surface area (Å²) < 4.78 is 0. The summed E-state index contributed by atoms with van der Waals surface area (Å²) in [6.45, 7) is 16.6. The molecule has 1 aliphatic carbocycles. The first-order chi connectivity index (χ1) is 18.8. The van der Waals surface area contributed by atoms with Gasteiger partial charge in [0.05, 0.1) is 0 Å². The van der Waals surface area contributed by atoms with Gasteiger partial charge in [-0.15, -0.1) is 0 Å². The first-order valence-corrected chi connectivity index (χ1v) is 16.2. The summed E-state index contributed by atoms with van der Waals surface area (Å²) in [4.78, 5) is 0. The molecule has 0 bridgehead atoms. The number of aryl methyl sites for hydroxylation is 4. The first-order valence-electron chi connectivity index (χ1n) is 16.2. The SMILES string of the molecule is C.C.CCCCCCCC1(CCCCCCC)c2cc(C)ccc2-c2ccc(B(C)c3c(C)cc(C)cc3C)cc21. The van der Waals surface area contributed by atoms with Gasteiger partial charge in [0.2, 0.25) is 6.71 Å². The molecule has 0 saturated carbocycles. The Hall–Kier alpha value is -2.28. The highest BCUT2D eigenvalue weighted by Gasteiger charge is 2.42. The van der Waals surface area contributed by atoms with Gasteiger partial charge in [-0.25, -0.2) is 0 Å². The zero-order valence-electron chi connectivity index (χ0n) is 26.2. The second-order valence-electron chi connectivity index (χ2n) is 12.8. The fraction of sp³-hybridized carbons (Fsp3) is 0.550. The molecular weight excluding hydrogens is 491 g/mol. The minimum Gasteiger partial charge on any atom is -0.0776 e. The second-order valence-corrected chi connectivity index (χ2v) is 12.8. The van der Waals surface area contributed by atoms with E-state index in [9.17, 15) is 0 Å². The molecule has 0 spiro atoms. The molecule has 0 radical (unpaired) electrons. The van der Waals surface area contributed by atoms with Gasteiger partial charge in [0.1, 0.15) is 0 Å². The Bertz CT molecular complexity index is 1210. The van der Waals surface area contributed by atoms with Gasteiger partial charge in [-0.2, -0.15) is 0 Å². The quantitative estimate of drug-likeness (QED) is 0.138. The third kappa shape index (κ3) is 7.58. The topological polar surface area (TPSA) is 0 Å². The number of hydrogen-bond donors (Lipinski definition) is 0. The van der Waals surface area contributed by atoms with Crippen LogP contribution in [0.25, 0.3) is 11.1 Å². The fourth-order valence-electron chi connectivity index (χ4n) is 7.66. The third-order valence-corrected chi connectivity index (χ3v) is 9.63. The molecule has 1 heteroatoms. The molecular formula is C40H61B. The number of fused-ring (bicyclic) bond motifs is 3. The number of benzene rings is 3. The van der Waals surface area contributed by atoms with Gasteiger partial charge in [0.25, 0.3) is 0 Å². The summed E-state index contributed by atoms with van der Waals surface area (Å²) in [7, 11) is 0. The Kier molecular flexibility index (Phi) is 13.5. The van der Waals surface area contributed by atoms with Crippen molar-refractivity contribution in [1.82, 2.24) is 0 Å². The standard InChI is InChI=1S/C38H53B.2CH4/c1-8-10-12-14-16-22-38(23-17-15-13-11-9-2)35-26-28(3)18-20-33(35)34-21-19-32(27-36(34)38)39(7)37-30(5)24-29(4)25-31(37)6;;/h18-21,24-27H,8-17,22-23H2,1-7H3;2*1H4. The minimum absolute atomic E-state index is 0. The molecule has 0 fully saturated rings. The van der Waals surface area contributed by atoms with Crippen LogP contribution in [0.3, 0.4) is 0 Å². The van der Waals surface area contributed by atoms with E-state index in [1.54, 1.807) is 11.1 Å². The van der Waals surface area contributed by atoms with E-state index in [4.69, 9.17) is 0 Å². The molecule has 0 saturated heterocycles. The molecule has 3 aromatic carbocycles. The van der Waals surface area contributed by atoms with Crippen molar-refractivity contribution in [2.24, 2.45) is 0 Å². The molecule has 0 unspecified atom stereocenters. The van der Waals surface area contributed by atoms with Crippen LogP contribution in [0, 0.1) is 27.7 Å². The van der Waals surface area contributed by atoms with Crippen LogP contribution in [0.2, 0.25) is 6.82 Å². The lowest BCUT2D eigenvalue weighted by atomic mass is 9.40. The lowest BCUT2D eigenvalue weighted by Crippen LogP contribution is -2.43. The maximum absolute atomic E-state index is 2.64. The predicted molar refractivity (Wildman–Crippen MR) is 189 cm³/mol. The summed E-state index contributed by atoms with van der Waals surface area (Å²) in [5.41, 5.74) is 15.0. The van der Waals surface area contributed by atoms with Crippen molar-refractivity contribution in [3.05, 3.63) is 81.9 Å². The van der Waals surface area contributed by atoms with Gasteiger partial charge >= 0.3 is 0 Å². The summed E-state index contributed by atoms with van der Waals surface area (Å²) in [6.07, 6.45) is 16.1. The highest BCUT2D eigenvalue weighted by molar-refractivity contribution is 6.84. The van der Waals surface area contributed by atoms with Crippen molar-refractivity contribution in [2.75, 3.05) is 0 Å². The minimum atomic E-state index is 0. The Morgan fingerprint density at radius 2 is 1.05 bits per heavy atom. The van der Waals surface area contributed by atoms with Gasteiger partial charge in [0, 0.05) is 5.41 Å². The molecule has 1 aliphatic rings. The van der Waals surface area contributed by atoms with E-state index in [1.807, 2.05) is 0 Å². The smallest absolute Gasteiger partial charge is 0.0776 e. The first kappa shape index (κ1) is 34.9. The Labute approximate surface area is 255 Å². The Morgan fingerprint density at radius 3 is 1.59 bits per heavy atom. The zero-order chi connectivity index (χ0) is 28.0. The normalized spacial score (nSPS) is 12.8. The lowest BCUT2D eigenvalue weighted by Gasteiger charge is -2.33. The maximum atomic E-state index is 2.64. The van der Waals surface area contributed by atoms with Gasteiger partial charge < -0.3 is 0 Å². The Morgan fingerprint density at radius 1 is 0.561 bits per heavy atom. The van der Waals surface area contributed by atoms with Crippen LogP contribution < -0.4 is 10.9 Å². The van der Waals surface area contributed by atoms with Gasteiger partial charge in [-0.1, -0.05) is 181 Å². The van der Waals surface area contributed by atoms with Crippen molar-refractivity contribution in [2.45, 2.75) is 146 Å². The third-order valence-electron chi connectivity index (χ3n) is 9.63. The van der Waals surface area contributed by atoms with Gasteiger partial charge in [-0.3, -0.25) is 0 Å². The molecule has 0 nitrogen and oxygen atoms in total. The predicted octanol–water partition coefficient (Wildman–Crippen LogP) is 11.4. The number of hydrogen-bond acceptors (Lipinski definition) is 0. The summed E-state index contributed by atoms with van der Waals surface area (Å²) in [6, 6.07) is 19.6. The van der Waals surface area contributed by atoms with Crippen LogP contribution in [0.1, 0.15) is 139 Å². The second kappa shape index (κ2) is 15.8. The number of unbranched alkanes of at least 4 members (excludes halogenated alkanes) is 8. The largest absolute Gasteiger partial charge is 0.206 e. The van der Waals surface area contributed by atoms with E-state index < -0.39 is 0 Å². The van der Waals surface area contributed by atoms with Gasteiger partial charge in [0.15, 0.2) is 0 Å². The average Bonchev–Trinajstić information content (AvgIpc) is 3.16. The molecule has 4 rings (SSSR count). The summed E-state index contributed by atoms with van der Waals surface area (Å²) in [5.74, 6) is 0. The summed E-state index contributed by atoms with van der Waals surface area (Å²) >= 11 is 0. The van der Waals surface area contributed by atoms with E-state index >= 15 is 0 Å². The van der Waals surface area contributed by atoms with E-state index in [2.05, 4.69) is 96.9 Å². The van der Waals surface area contributed by atoms with Gasteiger partial charge in [-0.05, 0) is 62.8 Å². The molecule has 0 amide bonds. The molecule has 0 N–H and O–H groups in total. The van der Waals surface area contributed by atoms with Crippen LogP contribution in [0.15, 0.2) is 48.5 Å². The van der Waals surface area contributed by atoms with Crippen LogP contribution >= 0.6 is 0 Å². The van der Waals surface area contributed by atoms with E-state index in [-0.39, 0.29) is 20.3 Å². The molecule has 224 valence electrons. The lowest BCUT2D eigenvalue weighted by molar-refractivity contribution is 0.399.